The van der Waals surface area contributed by atoms with Crippen LogP contribution in [0.2, 0.25) is 0 Å². The van der Waals surface area contributed by atoms with Gasteiger partial charge in [-0.2, -0.15) is 28.1 Å². The SMILES string of the molecule is FC1(F)CN(c2n[nH]c3cccc(Cc4ccccc4)c23)NC1(F)F. The highest BCUT2D eigenvalue weighted by atomic mass is 19.3. The van der Waals surface area contributed by atoms with Crippen LogP contribution in [-0.4, -0.2) is 28.7 Å². The Kier molecular flexibility index (Phi) is 3.47. The molecule has 1 aliphatic rings. The van der Waals surface area contributed by atoms with Crippen molar-refractivity contribution in [1.29, 1.82) is 0 Å². The highest BCUT2D eigenvalue weighted by molar-refractivity contribution is 5.93. The van der Waals surface area contributed by atoms with Crippen LogP contribution in [0.5, 0.6) is 0 Å². The molecule has 8 heteroatoms. The Balaban J connectivity index is 1.76. The minimum absolute atomic E-state index is 0.0402. The second-order valence-corrected chi connectivity index (χ2v) is 6.03. The zero-order valence-electron chi connectivity index (χ0n) is 12.9. The van der Waals surface area contributed by atoms with Crippen molar-refractivity contribution >= 4 is 16.7 Å². The van der Waals surface area contributed by atoms with E-state index in [0.717, 1.165) is 11.1 Å². The van der Waals surface area contributed by atoms with Gasteiger partial charge in [0.2, 0.25) is 0 Å². The number of alkyl halides is 4. The normalized spacial score (nSPS) is 18.8. The van der Waals surface area contributed by atoms with Crippen molar-refractivity contribution in [3.8, 4) is 0 Å². The van der Waals surface area contributed by atoms with Gasteiger partial charge in [-0.3, -0.25) is 10.1 Å². The third-order valence-corrected chi connectivity index (χ3v) is 4.24. The maximum atomic E-state index is 13.5. The Labute approximate surface area is 140 Å². The van der Waals surface area contributed by atoms with Gasteiger partial charge in [0.25, 0.3) is 0 Å². The Morgan fingerprint density at radius 1 is 1.00 bits per heavy atom. The summed E-state index contributed by atoms with van der Waals surface area (Å²) in [7, 11) is 0. The van der Waals surface area contributed by atoms with Crippen LogP contribution in [0.25, 0.3) is 10.9 Å². The predicted octanol–water partition coefficient (Wildman–Crippen LogP) is 3.71. The maximum Gasteiger partial charge on any atom is 0.383 e. The van der Waals surface area contributed by atoms with E-state index in [0.29, 0.717) is 22.3 Å². The molecule has 130 valence electrons. The van der Waals surface area contributed by atoms with Crippen LogP contribution in [0, 0.1) is 0 Å². The minimum Gasteiger partial charge on any atom is -0.279 e. The Bertz CT molecular complexity index is 891. The van der Waals surface area contributed by atoms with Crippen LogP contribution in [0.4, 0.5) is 23.4 Å². The number of rotatable bonds is 3. The van der Waals surface area contributed by atoms with Gasteiger partial charge >= 0.3 is 12.0 Å². The molecule has 0 saturated carbocycles. The number of hydrazine groups is 1. The van der Waals surface area contributed by atoms with Gasteiger partial charge in [-0.15, -0.1) is 0 Å². The van der Waals surface area contributed by atoms with E-state index in [4.69, 9.17) is 0 Å². The molecule has 0 amide bonds. The molecule has 0 unspecified atom stereocenters. The van der Waals surface area contributed by atoms with Gasteiger partial charge in [0.15, 0.2) is 5.82 Å². The first-order chi connectivity index (χ1) is 11.9. The third-order valence-electron chi connectivity index (χ3n) is 4.24. The highest BCUT2D eigenvalue weighted by Crippen LogP contribution is 2.40. The predicted molar refractivity (Wildman–Crippen MR) is 85.7 cm³/mol. The number of nitrogens with one attached hydrogen (secondary N) is 2. The second-order valence-electron chi connectivity index (χ2n) is 6.03. The summed E-state index contributed by atoms with van der Waals surface area (Å²) in [6, 6.07) is 10.6. The number of aromatic amines is 1. The molecule has 2 aromatic carbocycles. The molecule has 3 aromatic rings. The van der Waals surface area contributed by atoms with Crippen LogP contribution in [0.15, 0.2) is 48.5 Å². The fraction of sp³-hybridized carbons (Fsp3) is 0.235. The number of hydrogen-bond acceptors (Lipinski definition) is 3. The van der Waals surface area contributed by atoms with Crippen molar-refractivity contribution in [3.63, 3.8) is 0 Å². The minimum atomic E-state index is -4.31. The van der Waals surface area contributed by atoms with Crippen LogP contribution in [0.1, 0.15) is 11.1 Å². The lowest BCUT2D eigenvalue weighted by atomic mass is 10.0. The summed E-state index contributed by atoms with van der Waals surface area (Å²) in [6.07, 6.45) is 0.533. The second kappa shape index (κ2) is 5.45. The fourth-order valence-corrected chi connectivity index (χ4v) is 3.00. The van der Waals surface area contributed by atoms with Crippen LogP contribution >= 0.6 is 0 Å². The molecule has 1 fully saturated rings. The van der Waals surface area contributed by atoms with E-state index >= 15 is 0 Å². The first-order valence-electron chi connectivity index (χ1n) is 7.68. The van der Waals surface area contributed by atoms with Gasteiger partial charge in [-0.05, 0) is 23.6 Å². The summed E-state index contributed by atoms with van der Waals surface area (Å²) in [6.45, 7) is -1.15. The molecule has 4 nitrogen and oxygen atoms in total. The number of anilines is 1. The van der Waals surface area contributed by atoms with Crippen molar-refractivity contribution in [1.82, 2.24) is 15.6 Å². The standard InChI is InChI=1S/C17H14F4N4/c18-16(19)10-25(24-17(16,20)21)15-14-12(7-4-8-13(14)22-23-15)9-11-5-2-1-3-6-11/h1-8,24H,9-10H2,(H,22,23). The molecule has 0 bridgehead atoms. The molecule has 2 heterocycles. The van der Waals surface area contributed by atoms with Crippen molar-refractivity contribution in [2.45, 2.75) is 18.4 Å². The summed E-state index contributed by atoms with van der Waals surface area (Å²) in [5, 5.41) is 7.97. The number of nitrogens with zero attached hydrogens (tertiary/aromatic N) is 2. The lowest BCUT2D eigenvalue weighted by molar-refractivity contribution is -0.191. The average Bonchev–Trinajstić information content (AvgIpc) is 3.08. The lowest BCUT2D eigenvalue weighted by Gasteiger charge is -2.17. The molecule has 0 aliphatic carbocycles. The van der Waals surface area contributed by atoms with E-state index in [-0.39, 0.29) is 5.82 Å². The zero-order valence-corrected chi connectivity index (χ0v) is 12.9. The highest BCUT2D eigenvalue weighted by Gasteiger charge is 2.63. The maximum absolute atomic E-state index is 13.5. The molecule has 0 atom stereocenters. The van der Waals surface area contributed by atoms with Crippen LogP contribution in [0.3, 0.4) is 0 Å². The zero-order chi connectivity index (χ0) is 17.7. The van der Waals surface area contributed by atoms with E-state index < -0.39 is 18.5 Å². The summed E-state index contributed by atoms with van der Waals surface area (Å²) in [5.41, 5.74) is 4.01. The Morgan fingerprint density at radius 3 is 2.44 bits per heavy atom. The van der Waals surface area contributed by atoms with E-state index in [1.54, 1.807) is 11.5 Å². The molecule has 2 N–H and O–H groups in total. The summed E-state index contributed by atoms with van der Waals surface area (Å²) < 4.78 is 54.0. The van der Waals surface area contributed by atoms with Gasteiger partial charge in [0.05, 0.1) is 5.52 Å². The number of H-pyrrole nitrogens is 1. The summed E-state index contributed by atoms with van der Waals surface area (Å²) in [4.78, 5) is 0. The molecular formula is C17H14F4N4. The first kappa shape index (κ1) is 15.9. The Morgan fingerprint density at radius 2 is 1.76 bits per heavy atom. The van der Waals surface area contributed by atoms with E-state index in [2.05, 4.69) is 10.2 Å². The first-order valence-corrected chi connectivity index (χ1v) is 7.68. The lowest BCUT2D eigenvalue weighted by Crippen LogP contribution is -2.45. The molecule has 1 saturated heterocycles. The molecular weight excluding hydrogens is 336 g/mol. The van der Waals surface area contributed by atoms with Gasteiger partial charge in [0, 0.05) is 5.39 Å². The van der Waals surface area contributed by atoms with E-state index in [1.165, 1.54) is 0 Å². The fourth-order valence-electron chi connectivity index (χ4n) is 3.00. The third kappa shape index (κ3) is 2.62. The van der Waals surface area contributed by atoms with Crippen LogP contribution < -0.4 is 10.4 Å². The number of hydrogen-bond donors (Lipinski definition) is 2. The average molecular weight is 350 g/mol. The van der Waals surface area contributed by atoms with Gasteiger partial charge < -0.3 is 0 Å². The molecule has 0 spiro atoms. The van der Waals surface area contributed by atoms with Crippen LogP contribution in [-0.2, 0) is 6.42 Å². The summed E-state index contributed by atoms with van der Waals surface area (Å²) >= 11 is 0. The molecule has 4 rings (SSSR count). The molecule has 25 heavy (non-hydrogen) atoms. The van der Waals surface area contributed by atoms with E-state index in [1.807, 2.05) is 42.5 Å². The largest absolute Gasteiger partial charge is 0.383 e. The smallest absolute Gasteiger partial charge is 0.279 e. The molecule has 1 aliphatic heterocycles. The molecule has 1 aromatic heterocycles. The summed E-state index contributed by atoms with van der Waals surface area (Å²) in [5.74, 6) is -4.13. The van der Waals surface area contributed by atoms with Crippen molar-refractivity contribution in [2.75, 3.05) is 11.6 Å². The number of halogens is 4. The number of aromatic nitrogens is 2. The Hall–Kier alpha value is -2.61. The van der Waals surface area contributed by atoms with Crippen molar-refractivity contribution in [2.24, 2.45) is 0 Å². The van der Waals surface area contributed by atoms with E-state index in [9.17, 15) is 17.6 Å². The monoisotopic (exact) mass is 350 g/mol. The number of fused-ring (bicyclic) bond motifs is 1. The van der Waals surface area contributed by atoms with Crippen molar-refractivity contribution in [3.05, 3.63) is 59.7 Å². The quantitative estimate of drug-likeness (QED) is 0.559. The number of benzene rings is 2. The molecule has 0 radical (unpaired) electrons. The van der Waals surface area contributed by atoms with Gasteiger partial charge in [-0.25, -0.2) is 0 Å². The van der Waals surface area contributed by atoms with Gasteiger partial charge in [0.1, 0.15) is 6.54 Å². The topological polar surface area (TPSA) is 44.0 Å². The van der Waals surface area contributed by atoms with Gasteiger partial charge in [-0.1, -0.05) is 42.5 Å². The van der Waals surface area contributed by atoms with Crippen molar-refractivity contribution < 1.29 is 17.6 Å².